The van der Waals surface area contributed by atoms with E-state index in [1.54, 1.807) is 6.07 Å². The van der Waals surface area contributed by atoms with Crippen molar-refractivity contribution in [3.8, 4) is 5.75 Å². The van der Waals surface area contributed by atoms with Crippen molar-refractivity contribution in [2.75, 3.05) is 7.11 Å². The van der Waals surface area contributed by atoms with Gasteiger partial charge in [0.1, 0.15) is 23.7 Å². The van der Waals surface area contributed by atoms with E-state index in [-0.39, 0.29) is 12.0 Å². The zero-order valence-corrected chi connectivity index (χ0v) is 26.0. The molecule has 0 bridgehead atoms. The number of ether oxygens (including phenoxy) is 2. The van der Waals surface area contributed by atoms with Crippen LogP contribution in [-0.2, 0) is 16.1 Å². The number of rotatable bonds is 12. The lowest BCUT2D eigenvalue weighted by Gasteiger charge is -2.42. The van der Waals surface area contributed by atoms with Crippen LogP contribution in [0.5, 0.6) is 5.75 Å². The van der Waals surface area contributed by atoms with Crippen LogP contribution in [-0.4, -0.2) is 30.7 Å². The third-order valence-corrected chi connectivity index (χ3v) is 9.21. The predicted molar refractivity (Wildman–Crippen MR) is 171 cm³/mol. The van der Waals surface area contributed by atoms with Gasteiger partial charge in [-0.05, 0) is 97.7 Å². The molecular weight excluding hydrogens is 560 g/mol. The molecule has 2 aliphatic carbocycles. The molecule has 0 aliphatic heterocycles. The minimum atomic E-state index is -0.592. The minimum absolute atomic E-state index is 0.0660. The molecule has 0 amide bonds. The standard InChI is InChI=1S/C36H41ClN2O4/c1-24(2)26-17-19-36(20-18-26,39-34(27-9-10-27)28-11-13-29(14-12-28)35(41)42-3)38-32(22-40)30-15-16-33(31(37)21-30)43-23-25-7-5-4-6-8-25/h4-8,11-16,21-22,24,26-27,34,39H,9-10,17-20,23H2,1-3H3/t26?,34-,36?/m1/s1. The quantitative estimate of drug-likeness (QED) is 0.130. The molecule has 0 radical (unpaired) electrons. The topological polar surface area (TPSA) is 77.0 Å². The molecule has 5 rings (SSSR count). The summed E-state index contributed by atoms with van der Waals surface area (Å²) in [5, 5.41) is 4.39. The average Bonchev–Trinajstić information content (AvgIpc) is 3.88. The monoisotopic (exact) mass is 600 g/mol. The van der Waals surface area contributed by atoms with E-state index in [1.165, 1.54) is 7.11 Å². The predicted octanol–water partition coefficient (Wildman–Crippen LogP) is 7.98. The molecule has 1 atom stereocenters. The molecule has 1 N–H and O–H groups in total. The Kier molecular flexibility index (Phi) is 9.99. The number of benzene rings is 3. The van der Waals surface area contributed by atoms with Crippen molar-refractivity contribution in [2.24, 2.45) is 22.7 Å². The first-order chi connectivity index (χ1) is 20.8. The third-order valence-electron chi connectivity index (χ3n) is 8.92. The molecule has 43 heavy (non-hydrogen) atoms. The Labute approximate surface area is 259 Å². The summed E-state index contributed by atoms with van der Waals surface area (Å²) in [4.78, 5) is 29.8. The fourth-order valence-corrected chi connectivity index (χ4v) is 6.35. The van der Waals surface area contributed by atoms with Crippen LogP contribution >= 0.6 is 11.6 Å². The van der Waals surface area contributed by atoms with Crippen molar-refractivity contribution in [1.29, 1.82) is 0 Å². The average molecular weight is 601 g/mol. The molecular formula is C36H41ClN2O4. The molecule has 7 heteroatoms. The van der Waals surface area contributed by atoms with Crippen LogP contribution in [0.3, 0.4) is 0 Å². The fourth-order valence-electron chi connectivity index (χ4n) is 6.11. The first-order valence-corrected chi connectivity index (χ1v) is 15.7. The molecule has 0 heterocycles. The van der Waals surface area contributed by atoms with Crippen LogP contribution < -0.4 is 10.1 Å². The number of carbonyl (C=O) groups excluding carboxylic acids is 2. The summed E-state index contributed by atoms with van der Waals surface area (Å²) in [6.07, 6.45) is 6.84. The van der Waals surface area contributed by atoms with Gasteiger partial charge in [-0.2, -0.15) is 0 Å². The molecule has 226 valence electrons. The molecule has 0 saturated heterocycles. The lowest BCUT2D eigenvalue weighted by atomic mass is 9.76. The van der Waals surface area contributed by atoms with Crippen molar-refractivity contribution in [3.63, 3.8) is 0 Å². The van der Waals surface area contributed by atoms with Gasteiger partial charge in [-0.15, -0.1) is 0 Å². The van der Waals surface area contributed by atoms with Crippen molar-refractivity contribution in [1.82, 2.24) is 5.32 Å². The molecule has 0 aromatic heterocycles. The molecule has 2 aliphatic rings. The summed E-state index contributed by atoms with van der Waals surface area (Å²) in [6.45, 7) is 4.97. The highest BCUT2D eigenvalue weighted by molar-refractivity contribution is 6.38. The fraction of sp³-hybridized carbons (Fsp3) is 0.417. The van der Waals surface area contributed by atoms with Crippen LogP contribution in [0.15, 0.2) is 77.8 Å². The lowest BCUT2D eigenvalue weighted by Crippen LogP contribution is -2.49. The Morgan fingerprint density at radius 2 is 1.65 bits per heavy atom. The first kappa shape index (κ1) is 31.0. The Hall–Kier alpha value is -3.48. The zero-order valence-electron chi connectivity index (χ0n) is 25.2. The van der Waals surface area contributed by atoms with Gasteiger partial charge in [-0.3, -0.25) is 15.1 Å². The van der Waals surface area contributed by atoms with Crippen molar-refractivity contribution in [3.05, 3.63) is 100 Å². The lowest BCUT2D eigenvalue weighted by molar-refractivity contribution is -0.102. The van der Waals surface area contributed by atoms with Gasteiger partial charge in [-0.1, -0.05) is 67.9 Å². The van der Waals surface area contributed by atoms with Gasteiger partial charge in [-0.25, -0.2) is 4.79 Å². The number of hydrogen-bond acceptors (Lipinski definition) is 6. The first-order valence-electron chi connectivity index (χ1n) is 15.3. The van der Waals surface area contributed by atoms with E-state index in [1.807, 2.05) is 66.7 Å². The normalized spacial score (nSPS) is 21.3. The Morgan fingerprint density at radius 3 is 2.23 bits per heavy atom. The molecule has 3 aromatic carbocycles. The highest BCUT2D eigenvalue weighted by Gasteiger charge is 2.42. The van der Waals surface area contributed by atoms with Crippen molar-refractivity contribution < 1.29 is 19.1 Å². The van der Waals surface area contributed by atoms with Crippen molar-refractivity contribution in [2.45, 2.75) is 70.7 Å². The number of aldehydes is 1. The molecule has 0 unspecified atom stereocenters. The summed E-state index contributed by atoms with van der Waals surface area (Å²) in [7, 11) is 1.39. The smallest absolute Gasteiger partial charge is 0.337 e. The highest BCUT2D eigenvalue weighted by atomic mass is 35.5. The second kappa shape index (κ2) is 13.9. The maximum absolute atomic E-state index is 12.6. The zero-order chi connectivity index (χ0) is 30.4. The van der Waals surface area contributed by atoms with Gasteiger partial charge in [0.15, 0.2) is 6.29 Å². The maximum Gasteiger partial charge on any atom is 0.337 e. The van der Waals surface area contributed by atoms with Gasteiger partial charge in [0, 0.05) is 11.6 Å². The molecule has 6 nitrogen and oxygen atoms in total. The van der Waals surface area contributed by atoms with Crippen LogP contribution in [0.25, 0.3) is 0 Å². The van der Waals surface area contributed by atoms with E-state index in [0.29, 0.717) is 52.0 Å². The van der Waals surface area contributed by atoms with Crippen LogP contribution in [0.1, 0.15) is 85.5 Å². The Morgan fingerprint density at radius 1 is 0.977 bits per heavy atom. The summed E-state index contributed by atoms with van der Waals surface area (Å²) >= 11 is 6.64. The second-order valence-electron chi connectivity index (χ2n) is 12.2. The molecule has 2 fully saturated rings. The number of aliphatic imine (C=N–C) groups is 1. The maximum atomic E-state index is 12.6. The molecule has 0 spiro atoms. The molecule has 2 saturated carbocycles. The van der Waals surface area contributed by atoms with Crippen LogP contribution in [0.2, 0.25) is 5.02 Å². The summed E-state index contributed by atoms with van der Waals surface area (Å²) in [5.41, 5.74) is 3.15. The minimum Gasteiger partial charge on any atom is -0.487 e. The third kappa shape index (κ3) is 7.73. The Balaban J connectivity index is 1.42. The van der Waals surface area contributed by atoms with E-state index in [9.17, 15) is 9.59 Å². The number of nitrogens with zero attached hydrogens (tertiary/aromatic N) is 1. The molecule has 3 aromatic rings. The van der Waals surface area contributed by atoms with E-state index in [0.717, 1.165) is 55.9 Å². The van der Waals surface area contributed by atoms with Gasteiger partial charge in [0.05, 0.1) is 17.7 Å². The number of methoxy groups -OCH3 is 1. The number of carbonyl (C=O) groups is 2. The van der Waals surface area contributed by atoms with E-state index >= 15 is 0 Å². The largest absolute Gasteiger partial charge is 0.487 e. The second-order valence-corrected chi connectivity index (χ2v) is 12.6. The van der Waals surface area contributed by atoms with Crippen LogP contribution in [0, 0.1) is 17.8 Å². The van der Waals surface area contributed by atoms with Gasteiger partial charge >= 0.3 is 5.97 Å². The summed E-state index contributed by atoms with van der Waals surface area (Å²) < 4.78 is 10.8. The van der Waals surface area contributed by atoms with E-state index in [2.05, 4.69) is 19.2 Å². The van der Waals surface area contributed by atoms with E-state index < -0.39 is 5.66 Å². The number of hydrogen-bond donors (Lipinski definition) is 1. The number of esters is 1. The van der Waals surface area contributed by atoms with E-state index in [4.69, 9.17) is 26.1 Å². The number of nitrogens with one attached hydrogen (secondary N) is 1. The van der Waals surface area contributed by atoms with Gasteiger partial charge in [0.2, 0.25) is 0 Å². The Bertz CT molecular complexity index is 1430. The van der Waals surface area contributed by atoms with Gasteiger partial charge < -0.3 is 9.47 Å². The highest BCUT2D eigenvalue weighted by Crippen LogP contribution is 2.45. The van der Waals surface area contributed by atoms with Gasteiger partial charge in [0.25, 0.3) is 0 Å². The number of halogens is 1. The van der Waals surface area contributed by atoms with Crippen LogP contribution in [0.4, 0.5) is 0 Å². The SMILES string of the molecule is COC(=O)c1ccc([C@H](NC2(N=C(C=O)c3ccc(OCc4ccccc4)c(Cl)c3)CCC(C(C)C)CC2)C2CC2)cc1. The summed E-state index contributed by atoms with van der Waals surface area (Å²) in [6, 6.07) is 23.1. The van der Waals surface area contributed by atoms with Crippen molar-refractivity contribution >= 4 is 29.6 Å². The summed E-state index contributed by atoms with van der Waals surface area (Å²) in [5.74, 6) is 1.92.